The molecule has 11 heteroatoms. The normalized spacial score (nSPS) is 19.7. The van der Waals surface area contributed by atoms with E-state index in [2.05, 4.69) is 15.5 Å². The molecule has 1 saturated carbocycles. The van der Waals surface area contributed by atoms with Crippen LogP contribution in [0, 0.1) is 5.92 Å². The summed E-state index contributed by atoms with van der Waals surface area (Å²) in [5, 5.41) is 11.4. The first-order chi connectivity index (χ1) is 18.1. The summed E-state index contributed by atoms with van der Waals surface area (Å²) in [6.07, 6.45) is 7.73. The minimum Gasteiger partial charge on any atom is -0.443 e. The van der Waals surface area contributed by atoms with Gasteiger partial charge in [-0.05, 0) is 74.6 Å². The Balaban J connectivity index is 1.55. The molecule has 1 aliphatic heterocycles. The van der Waals surface area contributed by atoms with Crippen LogP contribution in [-0.4, -0.2) is 72.1 Å². The smallest absolute Gasteiger partial charge is 0.424 e. The van der Waals surface area contributed by atoms with E-state index in [1.807, 2.05) is 29.2 Å². The maximum absolute atomic E-state index is 13.9. The van der Waals surface area contributed by atoms with Gasteiger partial charge in [-0.3, -0.25) is 14.5 Å². The van der Waals surface area contributed by atoms with Crippen molar-refractivity contribution in [3.63, 3.8) is 0 Å². The molecule has 1 aliphatic carbocycles. The number of carbonyl (C=O) groups excluding carboxylic acids is 3. The van der Waals surface area contributed by atoms with Crippen molar-refractivity contribution in [2.45, 2.75) is 96.4 Å². The lowest BCUT2D eigenvalue weighted by Gasteiger charge is -2.32. The van der Waals surface area contributed by atoms with E-state index in [1.54, 1.807) is 25.5 Å². The number of nitrogens with two attached hydrogens (primary N) is 1. The quantitative estimate of drug-likeness (QED) is 0.578. The van der Waals surface area contributed by atoms with E-state index >= 15 is 0 Å². The van der Waals surface area contributed by atoms with Crippen molar-refractivity contribution in [2.75, 3.05) is 6.54 Å². The number of hydrogen-bond acceptors (Lipinski definition) is 9. The van der Waals surface area contributed by atoms with E-state index in [0.29, 0.717) is 36.7 Å². The number of hydrogen-bond donors (Lipinski definition) is 1. The molecule has 0 spiro atoms. The SMILES string of the molecule is CC(C)(C)OC(=O)N(C(=O)[C@H](N)CC1CCCCC1)C(=O)[C@@H]1CCCN1Cc1ccccc1-n1cnnn1. The molecule has 2 aromatic rings. The van der Waals surface area contributed by atoms with Gasteiger partial charge in [0.15, 0.2) is 0 Å². The molecule has 2 N–H and O–H groups in total. The summed E-state index contributed by atoms with van der Waals surface area (Å²) in [7, 11) is 0. The Morgan fingerprint density at radius 1 is 1.11 bits per heavy atom. The van der Waals surface area contributed by atoms with Gasteiger partial charge in [0.2, 0.25) is 0 Å². The number of rotatable bonds is 7. The van der Waals surface area contributed by atoms with Crippen LogP contribution in [0.25, 0.3) is 5.69 Å². The van der Waals surface area contributed by atoms with Crippen LogP contribution in [0.5, 0.6) is 0 Å². The predicted octanol–water partition coefficient (Wildman–Crippen LogP) is 3.21. The highest BCUT2D eigenvalue weighted by atomic mass is 16.6. The van der Waals surface area contributed by atoms with Crippen LogP contribution in [0.15, 0.2) is 30.6 Å². The second-order valence-corrected chi connectivity index (χ2v) is 11.4. The van der Waals surface area contributed by atoms with Crippen molar-refractivity contribution in [2.24, 2.45) is 11.7 Å². The summed E-state index contributed by atoms with van der Waals surface area (Å²) in [4.78, 5) is 43.3. The van der Waals surface area contributed by atoms with Crippen LogP contribution in [-0.2, 0) is 20.9 Å². The largest absolute Gasteiger partial charge is 0.443 e. The average molecular weight is 526 g/mol. The fraction of sp³-hybridized carbons (Fsp3) is 0.630. The maximum Gasteiger partial charge on any atom is 0.424 e. The molecule has 1 aromatic carbocycles. The molecule has 0 radical (unpaired) electrons. The zero-order chi connectivity index (χ0) is 27.3. The average Bonchev–Trinajstić information content (AvgIpc) is 3.56. The Morgan fingerprint density at radius 3 is 2.53 bits per heavy atom. The Hall–Kier alpha value is -3.18. The standard InChI is InChI=1S/C27H39N7O4/c1-27(2,3)38-26(37)34(24(35)21(28)16-19-10-5-4-6-11-19)25(36)23-14-9-15-32(23)17-20-12-7-8-13-22(20)33-18-29-30-31-33/h7-8,12-13,18-19,21,23H,4-6,9-11,14-17,28H2,1-3H3/t21-,23+/m1/s1. The van der Waals surface area contributed by atoms with Gasteiger partial charge in [-0.1, -0.05) is 50.3 Å². The summed E-state index contributed by atoms with van der Waals surface area (Å²) < 4.78 is 7.08. The molecule has 1 aromatic heterocycles. The van der Waals surface area contributed by atoms with Crippen molar-refractivity contribution < 1.29 is 19.1 Å². The number of ether oxygens (including phenoxy) is 1. The first kappa shape index (κ1) is 27.8. The lowest BCUT2D eigenvalue weighted by molar-refractivity contribution is -0.147. The van der Waals surface area contributed by atoms with E-state index in [9.17, 15) is 14.4 Å². The number of carbonyl (C=O) groups is 3. The molecule has 3 amide bonds. The van der Waals surface area contributed by atoms with Crippen LogP contribution in [0.4, 0.5) is 4.79 Å². The molecule has 2 fully saturated rings. The third-order valence-electron chi connectivity index (χ3n) is 7.26. The van der Waals surface area contributed by atoms with Gasteiger partial charge >= 0.3 is 6.09 Å². The molecule has 11 nitrogen and oxygen atoms in total. The third-order valence-corrected chi connectivity index (χ3v) is 7.26. The number of tetrazole rings is 1. The number of likely N-dealkylation sites (tertiary alicyclic amines) is 1. The molecule has 2 atom stereocenters. The van der Waals surface area contributed by atoms with Crippen LogP contribution < -0.4 is 5.73 Å². The van der Waals surface area contributed by atoms with Gasteiger partial charge in [0, 0.05) is 6.54 Å². The monoisotopic (exact) mass is 525 g/mol. The Kier molecular flexibility index (Phi) is 8.88. The Morgan fingerprint density at radius 2 is 1.84 bits per heavy atom. The van der Waals surface area contributed by atoms with Crippen molar-refractivity contribution >= 4 is 17.9 Å². The fourth-order valence-electron chi connectivity index (χ4n) is 5.45. The summed E-state index contributed by atoms with van der Waals surface area (Å²) in [6, 6.07) is 6.06. The van der Waals surface area contributed by atoms with Gasteiger partial charge in [-0.25, -0.2) is 9.48 Å². The second-order valence-electron chi connectivity index (χ2n) is 11.4. The zero-order valence-electron chi connectivity index (χ0n) is 22.6. The fourth-order valence-corrected chi connectivity index (χ4v) is 5.45. The molecule has 38 heavy (non-hydrogen) atoms. The van der Waals surface area contributed by atoms with Crippen molar-refractivity contribution in [3.8, 4) is 5.69 Å². The van der Waals surface area contributed by atoms with Gasteiger partial charge < -0.3 is 10.5 Å². The van der Waals surface area contributed by atoms with Gasteiger partial charge in [-0.2, -0.15) is 4.90 Å². The van der Waals surface area contributed by atoms with Crippen molar-refractivity contribution in [1.82, 2.24) is 30.0 Å². The van der Waals surface area contributed by atoms with Crippen LogP contribution in [0.1, 0.15) is 77.7 Å². The van der Waals surface area contributed by atoms with Gasteiger partial charge in [-0.15, -0.1) is 5.10 Å². The van der Waals surface area contributed by atoms with E-state index in [4.69, 9.17) is 10.5 Å². The molecule has 4 rings (SSSR count). The first-order valence-electron chi connectivity index (χ1n) is 13.6. The van der Waals surface area contributed by atoms with Crippen LogP contribution in [0.3, 0.4) is 0 Å². The molecule has 1 saturated heterocycles. The second kappa shape index (κ2) is 12.1. The highest BCUT2D eigenvalue weighted by Gasteiger charge is 2.43. The first-order valence-corrected chi connectivity index (χ1v) is 13.6. The summed E-state index contributed by atoms with van der Waals surface area (Å²) >= 11 is 0. The topological polar surface area (TPSA) is 137 Å². The number of aromatic nitrogens is 4. The van der Waals surface area contributed by atoms with E-state index in [1.165, 1.54) is 12.7 Å². The molecular weight excluding hydrogens is 486 g/mol. The predicted molar refractivity (Wildman–Crippen MR) is 140 cm³/mol. The van der Waals surface area contributed by atoms with Gasteiger partial charge in [0.25, 0.3) is 11.8 Å². The van der Waals surface area contributed by atoms with Gasteiger partial charge in [0.05, 0.1) is 17.8 Å². The lowest BCUT2D eigenvalue weighted by Crippen LogP contribution is -2.56. The lowest BCUT2D eigenvalue weighted by atomic mass is 9.84. The Bertz CT molecular complexity index is 1110. The molecule has 2 aliphatic rings. The highest BCUT2D eigenvalue weighted by Crippen LogP contribution is 2.29. The van der Waals surface area contributed by atoms with Crippen molar-refractivity contribution in [1.29, 1.82) is 0 Å². The molecule has 0 unspecified atom stereocenters. The van der Waals surface area contributed by atoms with E-state index < -0.39 is 35.6 Å². The molecule has 2 heterocycles. The number of amides is 3. The number of benzene rings is 1. The van der Waals surface area contributed by atoms with Crippen LogP contribution >= 0.6 is 0 Å². The number of para-hydroxylation sites is 1. The zero-order valence-corrected chi connectivity index (χ0v) is 22.6. The third kappa shape index (κ3) is 6.82. The van der Waals surface area contributed by atoms with E-state index in [-0.39, 0.29) is 0 Å². The minimum absolute atomic E-state index is 0.323. The molecule has 206 valence electrons. The Labute approximate surface area is 223 Å². The summed E-state index contributed by atoms with van der Waals surface area (Å²) in [6.45, 7) is 6.19. The summed E-state index contributed by atoms with van der Waals surface area (Å²) in [5.41, 5.74) is 7.18. The molecule has 0 bridgehead atoms. The minimum atomic E-state index is -0.965. The molecular formula is C27H39N7O4. The van der Waals surface area contributed by atoms with Crippen LogP contribution in [0.2, 0.25) is 0 Å². The van der Waals surface area contributed by atoms with E-state index in [0.717, 1.165) is 43.4 Å². The maximum atomic E-state index is 13.9. The summed E-state index contributed by atoms with van der Waals surface area (Å²) in [5.74, 6) is -0.944. The number of nitrogens with zero attached hydrogens (tertiary/aromatic N) is 6. The van der Waals surface area contributed by atoms with Gasteiger partial charge in [0.1, 0.15) is 11.9 Å². The number of imide groups is 3. The highest BCUT2D eigenvalue weighted by molar-refractivity contribution is 6.11. The van der Waals surface area contributed by atoms with Crippen molar-refractivity contribution in [3.05, 3.63) is 36.2 Å².